The van der Waals surface area contributed by atoms with E-state index in [4.69, 9.17) is 9.97 Å². The first kappa shape index (κ1) is 65.0. The van der Waals surface area contributed by atoms with Gasteiger partial charge in [0.15, 0.2) is 0 Å². The number of hydrogen-bond acceptors (Lipinski definition) is 2. The molecule has 0 atom stereocenters. The second-order valence-corrected chi connectivity index (χ2v) is 33.1. The van der Waals surface area contributed by atoms with Gasteiger partial charge in [0.1, 0.15) is 0 Å². The topological polar surface area (TPSA) is 57.4 Å². The third-order valence-electron chi connectivity index (χ3n) is 19.6. The smallest absolute Gasteiger partial charge is 0.0737 e. The van der Waals surface area contributed by atoms with Crippen molar-refractivity contribution in [2.24, 2.45) is 0 Å². The number of hydrogen-bond donors (Lipinski definition) is 2. The van der Waals surface area contributed by atoms with E-state index in [9.17, 15) is 0 Å². The first-order chi connectivity index (χ1) is 45.3. The molecule has 8 aromatic carbocycles. The lowest BCUT2D eigenvalue weighted by Gasteiger charge is -2.26. The number of aromatic amines is 2. The van der Waals surface area contributed by atoms with Crippen molar-refractivity contribution in [2.45, 2.75) is 157 Å². The lowest BCUT2D eigenvalue weighted by molar-refractivity contribution is 0.568. The molecule has 11 aromatic rings. The maximum atomic E-state index is 5.88. The van der Waals surface area contributed by atoms with Crippen molar-refractivity contribution in [1.29, 1.82) is 0 Å². The highest BCUT2D eigenvalue weighted by Crippen LogP contribution is 2.45. The van der Waals surface area contributed by atoms with E-state index < -0.39 is 0 Å². The average Bonchev–Trinajstić information content (AvgIpc) is 1.62. The summed E-state index contributed by atoms with van der Waals surface area (Å²) in [4.78, 5) is 20.0. The quantitative estimate of drug-likeness (QED) is 0.159. The van der Waals surface area contributed by atoms with Crippen LogP contribution >= 0.6 is 0 Å². The molecule has 4 nitrogen and oxygen atoms in total. The first-order valence-electron chi connectivity index (χ1n) is 34.4. The lowest BCUT2D eigenvalue weighted by atomic mass is 9.78. The summed E-state index contributed by atoms with van der Waals surface area (Å²) in [6.45, 7) is 41.8. The predicted molar refractivity (Wildman–Crippen MR) is 415 cm³/mol. The number of nitrogens with zero attached hydrogens (tertiary/aromatic N) is 2. The van der Waals surface area contributed by atoms with E-state index >= 15 is 0 Å². The Morgan fingerprint density at radius 3 is 0.594 bits per heavy atom. The molecule has 0 amide bonds. The molecular formula is C92H94N4. The number of benzene rings is 8. The summed E-state index contributed by atoms with van der Waals surface area (Å²) in [6, 6.07) is 77.2. The third kappa shape index (κ3) is 13.2. The summed E-state index contributed by atoms with van der Waals surface area (Å²) in [6.07, 6.45) is 8.97. The molecule has 0 unspecified atom stereocenters. The lowest BCUT2D eigenvalue weighted by Crippen LogP contribution is -2.16. The molecule has 2 N–H and O–H groups in total. The zero-order valence-electron chi connectivity index (χ0n) is 59.8. The Hall–Kier alpha value is -9.64. The number of aromatic nitrogens is 4. The number of H-pyrrole nitrogens is 2. The summed E-state index contributed by atoms with van der Waals surface area (Å²) in [5.41, 5.74) is 32.6. The van der Waals surface area contributed by atoms with Crippen molar-refractivity contribution in [1.82, 2.24) is 19.9 Å². The van der Waals surface area contributed by atoms with Gasteiger partial charge in [-0.1, -0.05) is 307 Å². The third-order valence-corrected chi connectivity index (χ3v) is 19.6. The van der Waals surface area contributed by atoms with Gasteiger partial charge in [0.05, 0.1) is 22.8 Å². The van der Waals surface area contributed by atoms with E-state index in [2.05, 4.69) is 365 Å². The molecule has 2 aliphatic rings. The van der Waals surface area contributed by atoms with Crippen LogP contribution in [-0.2, 0) is 32.5 Å². The van der Waals surface area contributed by atoms with E-state index in [0.29, 0.717) is 0 Å². The van der Waals surface area contributed by atoms with Crippen LogP contribution in [0.1, 0.15) is 181 Å². The van der Waals surface area contributed by atoms with Crippen LogP contribution in [0, 0.1) is 0 Å². The molecule has 3 aromatic heterocycles. The molecule has 96 heavy (non-hydrogen) atoms. The van der Waals surface area contributed by atoms with Gasteiger partial charge < -0.3 is 9.97 Å². The van der Waals surface area contributed by atoms with Gasteiger partial charge in [-0.3, -0.25) is 0 Å². The van der Waals surface area contributed by atoms with Gasteiger partial charge in [0, 0.05) is 44.3 Å². The summed E-state index contributed by atoms with van der Waals surface area (Å²) in [7, 11) is 0. The zero-order valence-corrected chi connectivity index (χ0v) is 59.8. The number of rotatable bonds is 8. The van der Waals surface area contributed by atoms with Gasteiger partial charge in [-0.15, -0.1) is 0 Å². The molecule has 482 valence electrons. The van der Waals surface area contributed by atoms with Gasteiger partial charge in [0.25, 0.3) is 0 Å². The molecule has 0 saturated carbocycles. The minimum atomic E-state index is -0.117. The van der Waals surface area contributed by atoms with Crippen LogP contribution in [0.2, 0.25) is 0 Å². The zero-order chi connectivity index (χ0) is 68.0. The van der Waals surface area contributed by atoms with Gasteiger partial charge in [-0.2, -0.15) is 0 Å². The van der Waals surface area contributed by atoms with Crippen LogP contribution < -0.4 is 0 Å². The summed E-state index contributed by atoms with van der Waals surface area (Å²) >= 11 is 0. The minimum Gasteiger partial charge on any atom is -0.354 e. The Labute approximate surface area is 571 Å². The van der Waals surface area contributed by atoms with Crippen molar-refractivity contribution in [3.05, 3.63) is 262 Å². The highest BCUT2D eigenvalue weighted by atomic mass is 14.8. The second kappa shape index (κ2) is 24.2. The number of nitrogens with one attached hydrogen (secondary N) is 2. The Balaban J connectivity index is 1.03. The van der Waals surface area contributed by atoms with Crippen molar-refractivity contribution in [2.75, 3.05) is 0 Å². The predicted octanol–water partition coefficient (Wildman–Crippen LogP) is 25.8. The fourth-order valence-electron chi connectivity index (χ4n) is 13.4. The van der Waals surface area contributed by atoms with Gasteiger partial charge in [0.2, 0.25) is 0 Å². The van der Waals surface area contributed by atoms with Crippen LogP contribution in [0.4, 0.5) is 0 Å². The molecule has 8 bridgehead atoms. The standard InChI is InChI=1S/C92H94N4/c1-87(2,3)69-48-66(49-70(54-69)88(4,5)6)84-77-42-40-75(93-77)83(65-38-36-64(37-39-65)63-34-32-62(33-35-63)61-30-28-60(29-31-61)59-26-24-58(25-27-59)57-22-20-19-21-23-57)76-41-43-78(94-76)85(67-50-71(89(7,8)9)55-72(51-67)90(10,11)12)80-45-47-82(96-80)86(81-46-44-79(84)95-81)68-52-73(91(13,14)15)56-74(53-68)92(16,17)18/h19-56,93,96H,1-18H3. The molecule has 4 heteroatoms. The van der Waals surface area contributed by atoms with Crippen LogP contribution in [0.3, 0.4) is 0 Å². The van der Waals surface area contributed by atoms with E-state index in [1.165, 1.54) is 66.8 Å². The van der Waals surface area contributed by atoms with Gasteiger partial charge in [-0.05, 0) is 181 Å². The minimum absolute atomic E-state index is 0.112. The first-order valence-corrected chi connectivity index (χ1v) is 34.4. The molecule has 13 rings (SSSR count). The normalized spacial score (nSPS) is 13.0. The molecule has 0 fully saturated rings. The highest BCUT2D eigenvalue weighted by Gasteiger charge is 2.28. The molecule has 0 radical (unpaired) electrons. The molecule has 2 aliphatic heterocycles. The van der Waals surface area contributed by atoms with Crippen LogP contribution in [-0.4, -0.2) is 19.9 Å². The van der Waals surface area contributed by atoms with Crippen molar-refractivity contribution in [3.8, 4) is 89.0 Å². The fourth-order valence-corrected chi connectivity index (χ4v) is 13.4. The average molecular weight is 1260 g/mol. The SMILES string of the molecule is CC(C)(C)c1cc(-c2c3nc(c(-c4cc(C(C)(C)C)cc(C(C)(C)C)c4)c4ccc([nH]4)c(-c4cc(C(C)(C)C)cc(C(C)(C)C)c4)c4nc(c(-c5ccc(-c6ccc(-c7ccc(-c8ccc(-c9ccccc9)cc8)cc7)cc6)cc5)c5ccc2[nH]5)C=C4)C=C3)cc(C(C)(C)C)c1. The number of fused-ring (bicyclic) bond motifs is 8. The monoisotopic (exact) mass is 1250 g/mol. The maximum Gasteiger partial charge on any atom is 0.0737 e. The summed E-state index contributed by atoms with van der Waals surface area (Å²) in [5, 5.41) is 0. The Morgan fingerprint density at radius 2 is 0.385 bits per heavy atom. The van der Waals surface area contributed by atoms with Crippen molar-refractivity contribution in [3.63, 3.8) is 0 Å². The summed E-state index contributed by atoms with van der Waals surface area (Å²) < 4.78 is 0. The molecule has 0 spiro atoms. The Morgan fingerprint density at radius 1 is 0.198 bits per heavy atom. The molecular weight excluding hydrogens is 1160 g/mol. The van der Waals surface area contributed by atoms with E-state index in [0.717, 1.165) is 100 Å². The van der Waals surface area contributed by atoms with Crippen LogP contribution in [0.15, 0.2) is 206 Å². The van der Waals surface area contributed by atoms with Crippen LogP contribution in [0.5, 0.6) is 0 Å². The van der Waals surface area contributed by atoms with E-state index in [1.54, 1.807) is 0 Å². The van der Waals surface area contributed by atoms with Crippen molar-refractivity contribution >= 4 is 46.4 Å². The highest BCUT2D eigenvalue weighted by molar-refractivity contribution is 6.00. The van der Waals surface area contributed by atoms with Crippen molar-refractivity contribution < 1.29 is 0 Å². The Bertz CT molecular complexity index is 4850. The maximum absolute atomic E-state index is 5.88. The fraction of sp³-hybridized carbons (Fsp3) is 0.261. The Kier molecular flexibility index (Phi) is 16.4. The van der Waals surface area contributed by atoms with Gasteiger partial charge >= 0.3 is 0 Å². The molecule has 0 aliphatic carbocycles. The molecule has 0 saturated heterocycles. The molecule has 5 heterocycles. The van der Waals surface area contributed by atoms with Gasteiger partial charge in [-0.25, -0.2) is 9.97 Å². The second-order valence-electron chi connectivity index (χ2n) is 33.1. The largest absolute Gasteiger partial charge is 0.354 e. The summed E-state index contributed by atoms with van der Waals surface area (Å²) in [5.74, 6) is 0. The van der Waals surface area contributed by atoms with E-state index in [1.807, 2.05) is 0 Å². The van der Waals surface area contributed by atoms with Crippen LogP contribution in [0.25, 0.3) is 135 Å². The van der Waals surface area contributed by atoms with E-state index in [-0.39, 0.29) is 32.5 Å².